The highest BCUT2D eigenvalue weighted by Gasteiger charge is 2.10. The van der Waals surface area contributed by atoms with Gasteiger partial charge in [-0.25, -0.2) is 0 Å². The third-order valence-corrected chi connectivity index (χ3v) is 3.51. The minimum Gasteiger partial charge on any atom is -0.473 e. The first-order valence-electron chi connectivity index (χ1n) is 6.22. The fraction of sp³-hybridized carbons (Fsp3) is 0.385. The molecule has 0 spiro atoms. The van der Waals surface area contributed by atoms with E-state index in [1.54, 1.807) is 0 Å². The van der Waals surface area contributed by atoms with Crippen molar-refractivity contribution in [3.63, 3.8) is 0 Å². The van der Waals surface area contributed by atoms with Gasteiger partial charge in [0.25, 0.3) is 0 Å². The number of nitrogens with one attached hydrogen (secondary N) is 1. The van der Waals surface area contributed by atoms with E-state index in [0.717, 1.165) is 17.3 Å². The first-order chi connectivity index (χ1) is 9.65. The monoisotopic (exact) mass is 313 g/mol. The highest BCUT2D eigenvalue weighted by molar-refractivity contribution is 6.99. The van der Waals surface area contributed by atoms with Crippen LogP contribution in [0.25, 0.3) is 0 Å². The molecule has 0 aliphatic rings. The molecule has 1 heterocycles. The first-order valence-corrected chi connectivity index (χ1v) is 7.33. The maximum absolute atomic E-state index is 9.83. The fourth-order valence-corrected chi connectivity index (χ4v) is 2.13. The van der Waals surface area contributed by atoms with Crippen molar-refractivity contribution in [3.8, 4) is 5.88 Å². The van der Waals surface area contributed by atoms with Gasteiger partial charge < -0.3 is 15.2 Å². The molecule has 0 fully saturated rings. The van der Waals surface area contributed by atoms with Gasteiger partial charge in [-0.1, -0.05) is 23.7 Å². The van der Waals surface area contributed by atoms with Gasteiger partial charge in [0.15, 0.2) is 0 Å². The Bertz CT molecular complexity index is 507. The van der Waals surface area contributed by atoms with Crippen molar-refractivity contribution in [1.82, 2.24) is 14.1 Å². The normalized spacial score (nSPS) is 13.9. The summed E-state index contributed by atoms with van der Waals surface area (Å²) in [5.41, 5.74) is 1.12. The number of aliphatic hydroxyl groups excluding tert-OH is 1. The zero-order valence-electron chi connectivity index (χ0n) is 11.0. The summed E-state index contributed by atoms with van der Waals surface area (Å²) in [5, 5.41) is 13.8. The largest absolute Gasteiger partial charge is 0.473 e. The van der Waals surface area contributed by atoms with Crippen LogP contribution < -0.4 is 10.1 Å². The van der Waals surface area contributed by atoms with Crippen LogP contribution in [-0.2, 0) is 0 Å². The molecule has 1 unspecified atom stereocenters. The molecule has 0 saturated heterocycles. The van der Waals surface area contributed by atoms with Crippen molar-refractivity contribution in [2.24, 2.45) is 0 Å². The van der Waals surface area contributed by atoms with Crippen LogP contribution in [0.2, 0.25) is 5.02 Å². The molecule has 20 heavy (non-hydrogen) atoms. The van der Waals surface area contributed by atoms with Crippen LogP contribution in [0.4, 0.5) is 0 Å². The predicted molar refractivity (Wildman–Crippen MR) is 79.3 cm³/mol. The first kappa shape index (κ1) is 15.2. The molecule has 0 amide bonds. The summed E-state index contributed by atoms with van der Waals surface area (Å²) in [5.74, 6) is 0.444. The van der Waals surface area contributed by atoms with E-state index in [9.17, 15) is 5.11 Å². The van der Waals surface area contributed by atoms with Gasteiger partial charge in [-0.3, -0.25) is 0 Å². The van der Waals surface area contributed by atoms with E-state index in [-0.39, 0.29) is 12.6 Å². The van der Waals surface area contributed by atoms with E-state index in [4.69, 9.17) is 16.3 Å². The quantitative estimate of drug-likeness (QED) is 0.821. The summed E-state index contributed by atoms with van der Waals surface area (Å²) < 4.78 is 13.0. The molecule has 0 aliphatic heterocycles. The topological polar surface area (TPSA) is 67.3 Å². The Hall–Kier alpha value is -1.21. The molecule has 0 radical (unpaired) electrons. The molecule has 2 atom stereocenters. The fourth-order valence-electron chi connectivity index (χ4n) is 1.64. The lowest BCUT2D eigenvalue weighted by Gasteiger charge is -2.17. The van der Waals surface area contributed by atoms with Gasteiger partial charge in [0.1, 0.15) is 18.9 Å². The average Bonchev–Trinajstić information content (AvgIpc) is 2.96. The number of halogens is 1. The van der Waals surface area contributed by atoms with Crippen LogP contribution >= 0.6 is 23.3 Å². The lowest BCUT2D eigenvalue weighted by molar-refractivity contribution is 0.102. The van der Waals surface area contributed by atoms with E-state index in [2.05, 4.69) is 14.1 Å². The van der Waals surface area contributed by atoms with E-state index >= 15 is 0 Å². The number of rotatable bonds is 7. The molecular formula is C13H16ClN3O2S. The number of hydrogen-bond donors (Lipinski definition) is 2. The molecule has 2 N–H and O–H groups in total. The molecule has 1 aromatic heterocycles. The molecule has 0 bridgehead atoms. The molecule has 2 rings (SSSR count). The average molecular weight is 314 g/mol. The third kappa shape index (κ3) is 4.72. The molecule has 2 aromatic rings. The van der Waals surface area contributed by atoms with Gasteiger partial charge in [-0.2, -0.15) is 4.37 Å². The van der Waals surface area contributed by atoms with Gasteiger partial charge in [-0.15, -0.1) is 4.37 Å². The molecule has 108 valence electrons. The van der Waals surface area contributed by atoms with Crippen molar-refractivity contribution < 1.29 is 9.84 Å². The third-order valence-electron chi connectivity index (χ3n) is 2.79. The van der Waals surface area contributed by atoms with Crippen LogP contribution in [0.1, 0.15) is 18.5 Å². The molecule has 1 aromatic carbocycles. The van der Waals surface area contributed by atoms with Crippen LogP contribution in [0.3, 0.4) is 0 Å². The molecule has 0 aliphatic carbocycles. The Morgan fingerprint density at radius 1 is 1.40 bits per heavy atom. The predicted octanol–water partition coefficient (Wildman–Crippen LogP) is 2.28. The number of aromatic nitrogens is 2. The maximum atomic E-state index is 9.83. The van der Waals surface area contributed by atoms with Gasteiger partial charge >= 0.3 is 0 Å². The minimum absolute atomic E-state index is 0.128. The van der Waals surface area contributed by atoms with Crippen LogP contribution in [0.5, 0.6) is 5.88 Å². The lowest BCUT2D eigenvalue weighted by atomic mass is 10.1. The molecule has 7 heteroatoms. The van der Waals surface area contributed by atoms with E-state index in [1.165, 1.54) is 6.20 Å². The second-order valence-corrected chi connectivity index (χ2v) is 5.39. The van der Waals surface area contributed by atoms with E-state index in [0.29, 0.717) is 17.4 Å². The molecule has 5 nitrogen and oxygen atoms in total. The summed E-state index contributed by atoms with van der Waals surface area (Å²) in [7, 11) is 0. The second-order valence-electron chi connectivity index (χ2n) is 4.39. The number of ether oxygens (including phenoxy) is 1. The zero-order valence-corrected chi connectivity index (χ0v) is 12.6. The lowest BCUT2D eigenvalue weighted by Crippen LogP contribution is -2.33. The Balaban J connectivity index is 1.72. The SMILES string of the molecule is C[C@H](NCC(O)COc1cnsn1)c1ccc(Cl)cc1. The number of nitrogens with zero attached hydrogens (tertiary/aromatic N) is 2. The molecule has 0 saturated carbocycles. The smallest absolute Gasteiger partial charge is 0.245 e. The van der Waals surface area contributed by atoms with Gasteiger partial charge in [0.05, 0.1) is 11.7 Å². The Morgan fingerprint density at radius 2 is 2.15 bits per heavy atom. The van der Waals surface area contributed by atoms with E-state index in [1.807, 2.05) is 31.2 Å². The highest BCUT2D eigenvalue weighted by atomic mass is 35.5. The van der Waals surface area contributed by atoms with Crippen LogP contribution in [0, 0.1) is 0 Å². The van der Waals surface area contributed by atoms with Gasteiger partial charge in [-0.05, 0) is 24.6 Å². The van der Waals surface area contributed by atoms with Crippen molar-refractivity contribution >= 4 is 23.3 Å². The van der Waals surface area contributed by atoms with Crippen molar-refractivity contribution in [2.45, 2.75) is 19.1 Å². The van der Waals surface area contributed by atoms with Crippen molar-refractivity contribution in [3.05, 3.63) is 41.0 Å². The summed E-state index contributed by atoms with van der Waals surface area (Å²) >= 11 is 6.92. The zero-order chi connectivity index (χ0) is 14.4. The summed E-state index contributed by atoms with van der Waals surface area (Å²) in [4.78, 5) is 0. The van der Waals surface area contributed by atoms with Crippen molar-refractivity contribution in [1.29, 1.82) is 0 Å². The minimum atomic E-state index is -0.605. The summed E-state index contributed by atoms with van der Waals surface area (Å²) in [6.45, 7) is 2.65. The van der Waals surface area contributed by atoms with Gasteiger partial charge in [0, 0.05) is 17.6 Å². The summed E-state index contributed by atoms with van der Waals surface area (Å²) in [6, 6.07) is 7.75. The van der Waals surface area contributed by atoms with Crippen LogP contribution in [0.15, 0.2) is 30.5 Å². The Labute approximate surface area is 126 Å². The number of aliphatic hydroxyl groups is 1. The molecular weight excluding hydrogens is 298 g/mol. The Morgan fingerprint density at radius 3 is 2.80 bits per heavy atom. The summed E-state index contributed by atoms with van der Waals surface area (Å²) in [6.07, 6.45) is 0.924. The standard InChI is InChI=1S/C13H16ClN3O2S/c1-9(10-2-4-11(14)5-3-10)15-6-12(18)8-19-13-7-16-20-17-13/h2-5,7,9,12,15,18H,6,8H2,1H3/t9-,12?/m0/s1. The van der Waals surface area contributed by atoms with Crippen LogP contribution in [-0.4, -0.2) is 33.1 Å². The number of benzene rings is 1. The maximum Gasteiger partial charge on any atom is 0.245 e. The van der Waals surface area contributed by atoms with E-state index < -0.39 is 6.10 Å². The Kier molecular flexibility index (Phi) is 5.72. The van der Waals surface area contributed by atoms with Gasteiger partial charge in [0.2, 0.25) is 5.88 Å². The number of hydrogen-bond acceptors (Lipinski definition) is 6. The second kappa shape index (κ2) is 7.54. The highest BCUT2D eigenvalue weighted by Crippen LogP contribution is 2.15. The van der Waals surface area contributed by atoms with Crippen molar-refractivity contribution in [2.75, 3.05) is 13.2 Å².